The molecule has 1 aliphatic rings. The summed E-state index contributed by atoms with van der Waals surface area (Å²) in [5.74, 6) is 0.0736. The van der Waals surface area contributed by atoms with E-state index in [1.54, 1.807) is 24.3 Å². The van der Waals surface area contributed by atoms with Gasteiger partial charge in [-0.3, -0.25) is 9.59 Å². The van der Waals surface area contributed by atoms with E-state index in [1.807, 2.05) is 0 Å². The minimum Gasteiger partial charge on any atom is -0.359 e. The lowest BCUT2D eigenvalue weighted by Gasteiger charge is -2.18. The van der Waals surface area contributed by atoms with Gasteiger partial charge in [-0.15, -0.1) is 0 Å². The standard InChI is InChI=1S/C15H12Cl2N4O2/c16-10-2-1-8(3-11(10)17)5-20-15(23)9-4-12-14(18-6-9)19-7-13(22)21-12/h1-4,6H,5,7H2,(H,18,19)(H,20,23)(H,21,22). The highest BCUT2D eigenvalue weighted by Crippen LogP contribution is 2.24. The molecule has 1 aromatic heterocycles. The average molecular weight is 351 g/mol. The van der Waals surface area contributed by atoms with Crippen LogP contribution in [0.25, 0.3) is 0 Å². The van der Waals surface area contributed by atoms with Crippen molar-refractivity contribution in [2.24, 2.45) is 0 Å². The molecule has 0 aliphatic carbocycles. The molecule has 1 aromatic carbocycles. The summed E-state index contributed by atoms with van der Waals surface area (Å²) in [6.07, 6.45) is 1.45. The van der Waals surface area contributed by atoms with E-state index in [0.29, 0.717) is 33.7 Å². The normalized spacial score (nSPS) is 12.9. The Morgan fingerprint density at radius 3 is 2.87 bits per heavy atom. The number of halogens is 2. The average Bonchev–Trinajstić information content (AvgIpc) is 2.55. The minimum atomic E-state index is -0.300. The van der Waals surface area contributed by atoms with Gasteiger partial charge in [-0.1, -0.05) is 29.3 Å². The van der Waals surface area contributed by atoms with Gasteiger partial charge in [0.25, 0.3) is 5.91 Å². The zero-order valence-electron chi connectivity index (χ0n) is 11.8. The van der Waals surface area contributed by atoms with Crippen molar-refractivity contribution in [2.45, 2.75) is 6.54 Å². The molecule has 8 heteroatoms. The van der Waals surface area contributed by atoms with Crippen LogP contribution >= 0.6 is 23.2 Å². The van der Waals surface area contributed by atoms with Crippen LogP contribution in [0.4, 0.5) is 11.5 Å². The first-order valence-corrected chi connectivity index (χ1v) is 7.54. The van der Waals surface area contributed by atoms with Gasteiger partial charge in [-0.25, -0.2) is 4.98 Å². The van der Waals surface area contributed by atoms with Gasteiger partial charge < -0.3 is 16.0 Å². The molecule has 1 aliphatic heterocycles. The number of rotatable bonds is 3. The van der Waals surface area contributed by atoms with E-state index in [2.05, 4.69) is 20.9 Å². The largest absolute Gasteiger partial charge is 0.359 e. The topological polar surface area (TPSA) is 83.1 Å². The summed E-state index contributed by atoms with van der Waals surface area (Å²) >= 11 is 11.8. The summed E-state index contributed by atoms with van der Waals surface area (Å²) in [4.78, 5) is 27.7. The highest BCUT2D eigenvalue weighted by Gasteiger charge is 2.17. The molecule has 6 nitrogen and oxygen atoms in total. The minimum absolute atomic E-state index is 0.170. The number of hydrogen-bond donors (Lipinski definition) is 3. The van der Waals surface area contributed by atoms with Crippen LogP contribution in [0.3, 0.4) is 0 Å². The molecule has 0 radical (unpaired) electrons. The zero-order chi connectivity index (χ0) is 16.4. The molecule has 0 spiro atoms. The molecule has 0 atom stereocenters. The lowest BCUT2D eigenvalue weighted by Crippen LogP contribution is -2.29. The third-order valence-electron chi connectivity index (χ3n) is 3.28. The van der Waals surface area contributed by atoms with Gasteiger partial charge in [0.15, 0.2) is 0 Å². The number of amides is 2. The van der Waals surface area contributed by atoms with Crippen LogP contribution in [0.5, 0.6) is 0 Å². The molecule has 2 aromatic rings. The molecule has 0 fully saturated rings. The second kappa shape index (κ2) is 6.44. The lowest BCUT2D eigenvalue weighted by atomic mass is 10.2. The summed E-state index contributed by atoms with van der Waals surface area (Å²) < 4.78 is 0. The van der Waals surface area contributed by atoms with E-state index in [0.717, 1.165) is 5.56 Å². The molecular formula is C15H12Cl2N4O2. The van der Waals surface area contributed by atoms with Crippen LogP contribution in [-0.2, 0) is 11.3 Å². The Morgan fingerprint density at radius 1 is 1.26 bits per heavy atom. The Labute approximate surface area is 142 Å². The van der Waals surface area contributed by atoms with Gasteiger partial charge in [0.1, 0.15) is 5.82 Å². The highest BCUT2D eigenvalue weighted by atomic mass is 35.5. The first-order chi connectivity index (χ1) is 11.0. The second-order valence-corrected chi connectivity index (χ2v) is 5.77. The van der Waals surface area contributed by atoms with E-state index >= 15 is 0 Å². The fourth-order valence-electron chi connectivity index (χ4n) is 2.12. The molecule has 0 saturated carbocycles. The van der Waals surface area contributed by atoms with Gasteiger partial charge in [0.05, 0.1) is 27.8 Å². The van der Waals surface area contributed by atoms with E-state index < -0.39 is 0 Å². The number of nitrogens with one attached hydrogen (secondary N) is 3. The number of carbonyl (C=O) groups excluding carboxylic acids is 2. The van der Waals surface area contributed by atoms with Crippen molar-refractivity contribution in [1.82, 2.24) is 10.3 Å². The molecule has 2 amide bonds. The number of anilines is 2. The van der Waals surface area contributed by atoms with Crippen LogP contribution in [0.1, 0.15) is 15.9 Å². The van der Waals surface area contributed by atoms with Gasteiger partial charge in [-0.2, -0.15) is 0 Å². The summed E-state index contributed by atoms with van der Waals surface area (Å²) in [6.45, 7) is 0.473. The number of pyridine rings is 1. The van der Waals surface area contributed by atoms with Gasteiger partial charge in [0, 0.05) is 12.7 Å². The lowest BCUT2D eigenvalue weighted by molar-refractivity contribution is -0.114. The van der Waals surface area contributed by atoms with Crippen LogP contribution < -0.4 is 16.0 Å². The maximum absolute atomic E-state index is 12.2. The molecule has 3 rings (SSSR count). The molecular weight excluding hydrogens is 339 g/mol. The SMILES string of the molecule is O=C1CNc2ncc(C(=O)NCc3ccc(Cl)c(Cl)c3)cc2N1. The van der Waals surface area contributed by atoms with E-state index in [1.165, 1.54) is 6.20 Å². The van der Waals surface area contributed by atoms with Crippen LogP contribution in [-0.4, -0.2) is 23.3 Å². The van der Waals surface area contributed by atoms with Crippen molar-refractivity contribution in [1.29, 1.82) is 0 Å². The number of fused-ring (bicyclic) bond motifs is 1. The number of nitrogens with zero attached hydrogens (tertiary/aromatic N) is 1. The first kappa shape index (κ1) is 15.6. The Hall–Kier alpha value is -2.31. The number of carbonyl (C=O) groups is 2. The van der Waals surface area contributed by atoms with Crippen molar-refractivity contribution in [3.05, 3.63) is 51.6 Å². The number of hydrogen-bond acceptors (Lipinski definition) is 4. The third-order valence-corrected chi connectivity index (χ3v) is 4.02. The molecule has 118 valence electrons. The van der Waals surface area contributed by atoms with E-state index in [-0.39, 0.29) is 18.4 Å². The molecule has 0 saturated heterocycles. The molecule has 23 heavy (non-hydrogen) atoms. The van der Waals surface area contributed by atoms with Crippen molar-refractivity contribution in [3.8, 4) is 0 Å². The summed E-state index contributed by atoms with van der Waals surface area (Å²) in [5.41, 5.74) is 1.67. The van der Waals surface area contributed by atoms with Crippen molar-refractivity contribution < 1.29 is 9.59 Å². The third kappa shape index (κ3) is 3.55. The fraction of sp³-hybridized carbons (Fsp3) is 0.133. The summed E-state index contributed by atoms with van der Waals surface area (Å²) in [6, 6.07) is 6.73. The molecule has 3 N–H and O–H groups in total. The van der Waals surface area contributed by atoms with Crippen molar-refractivity contribution in [2.75, 3.05) is 17.2 Å². The monoisotopic (exact) mass is 350 g/mol. The van der Waals surface area contributed by atoms with Crippen molar-refractivity contribution in [3.63, 3.8) is 0 Å². The summed E-state index contributed by atoms with van der Waals surface area (Å²) in [7, 11) is 0. The van der Waals surface area contributed by atoms with Crippen LogP contribution in [0, 0.1) is 0 Å². The second-order valence-electron chi connectivity index (χ2n) is 4.95. The zero-order valence-corrected chi connectivity index (χ0v) is 13.3. The van der Waals surface area contributed by atoms with Gasteiger partial charge in [0.2, 0.25) is 5.91 Å². The Balaban J connectivity index is 1.69. The maximum Gasteiger partial charge on any atom is 0.253 e. The van der Waals surface area contributed by atoms with Crippen LogP contribution in [0.15, 0.2) is 30.5 Å². The quantitative estimate of drug-likeness (QED) is 0.794. The van der Waals surface area contributed by atoms with E-state index in [9.17, 15) is 9.59 Å². The molecule has 0 bridgehead atoms. The molecule has 2 heterocycles. The van der Waals surface area contributed by atoms with Gasteiger partial charge in [-0.05, 0) is 23.8 Å². The van der Waals surface area contributed by atoms with E-state index in [4.69, 9.17) is 23.2 Å². The first-order valence-electron chi connectivity index (χ1n) is 6.79. The Morgan fingerprint density at radius 2 is 2.09 bits per heavy atom. The number of benzene rings is 1. The van der Waals surface area contributed by atoms with Gasteiger partial charge >= 0.3 is 0 Å². The maximum atomic E-state index is 12.2. The fourth-order valence-corrected chi connectivity index (χ4v) is 2.44. The Bertz CT molecular complexity index is 795. The van der Waals surface area contributed by atoms with Crippen LogP contribution in [0.2, 0.25) is 10.0 Å². The molecule has 0 unspecified atom stereocenters. The predicted molar refractivity (Wildman–Crippen MR) is 89.0 cm³/mol. The number of aromatic nitrogens is 1. The Kier molecular flexibility index (Phi) is 4.36. The predicted octanol–water partition coefficient (Wildman–Crippen LogP) is 2.68. The smallest absolute Gasteiger partial charge is 0.253 e. The summed E-state index contributed by atoms with van der Waals surface area (Å²) in [5, 5.41) is 9.19. The highest BCUT2D eigenvalue weighted by molar-refractivity contribution is 6.42. The van der Waals surface area contributed by atoms with Crippen molar-refractivity contribution >= 4 is 46.5 Å².